The number of benzene rings is 1. The molecule has 0 unspecified atom stereocenters. The largest absolute Gasteiger partial charge is 0.386 e. The Labute approximate surface area is 118 Å². The number of halogens is 1. The lowest BCUT2D eigenvalue weighted by Gasteiger charge is -2.17. The lowest BCUT2D eigenvalue weighted by Crippen LogP contribution is -2.24. The van der Waals surface area contributed by atoms with Gasteiger partial charge in [0.25, 0.3) is 5.69 Å². The van der Waals surface area contributed by atoms with Crippen molar-refractivity contribution in [2.24, 2.45) is 0 Å². The van der Waals surface area contributed by atoms with Gasteiger partial charge in [0.2, 0.25) is 0 Å². The summed E-state index contributed by atoms with van der Waals surface area (Å²) in [5.41, 5.74) is 0.242. The summed E-state index contributed by atoms with van der Waals surface area (Å²) >= 11 is 1.66. The maximum atomic E-state index is 11.6. The molecule has 0 saturated heterocycles. The van der Waals surface area contributed by atoms with Gasteiger partial charge in [-0.15, -0.1) is 0 Å². The van der Waals surface area contributed by atoms with E-state index in [9.17, 15) is 23.6 Å². The SMILES string of the molecule is CCS(=O)(=O)[C@H](I)[C@@H](O)c1ccc([N+](=O)[O-])cc1. The highest BCUT2D eigenvalue weighted by Crippen LogP contribution is 2.28. The summed E-state index contributed by atoms with van der Waals surface area (Å²) in [5.74, 6) is -0.0648. The monoisotopic (exact) mass is 385 g/mol. The number of aliphatic hydroxyl groups is 1. The summed E-state index contributed by atoms with van der Waals surface area (Å²) in [4.78, 5) is 9.91. The minimum atomic E-state index is -3.37. The van der Waals surface area contributed by atoms with Gasteiger partial charge in [-0.25, -0.2) is 8.42 Å². The lowest BCUT2D eigenvalue weighted by molar-refractivity contribution is -0.384. The van der Waals surface area contributed by atoms with Crippen LogP contribution in [-0.2, 0) is 9.84 Å². The molecule has 0 aliphatic rings. The Bertz CT molecular complexity index is 528. The predicted molar refractivity (Wildman–Crippen MR) is 75.3 cm³/mol. The van der Waals surface area contributed by atoms with E-state index < -0.39 is 24.1 Å². The first-order chi connectivity index (χ1) is 8.29. The Morgan fingerprint density at radius 2 is 1.89 bits per heavy atom. The summed E-state index contributed by atoms with van der Waals surface area (Å²) in [6, 6.07) is 5.19. The summed E-state index contributed by atoms with van der Waals surface area (Å²) < 4.78 is 22.3. The molecule has 0 bridgehead atoms. The van der Waals surface area contributed by atoms with Gasteiger partial charge in [-0.05, 0) is 17.7 Å². The first-order valence-electron chi connectivity index (χ1n) is 5.07. The molecule has 0 aliphatic heterocycles. The number of sulfone groups is 1. The Balaban J connectivity index is 2.98. The van der Waals surface area contributed by atoms with Crippen molar-refractivity contribution in [2.45, 2.75) is 16.3 Å². The second kappa shape index (κ2) is 5.93. The molecule has 8 heteroatoms. The van der Waals surface area contributed by atoms with Gasteiger partial charge in [-0.1, -0.05) is 29.5 Å². The second-order valence-corrected chi connectivity index (χ2v) is 8.19. The zero-order valence-electron chi connectivity index (χ0n) is 9.48. The van der Waals surface area contributed by atoms with Crippen LogP contribution in [0.25, 0.3) is 0 Å². The van der Waals surface area contributed by atoms with Crippen LogP contribution in [0.15, 0.2) is 24.3 Å². The van der Waals surface area contributed by atoms with E-state index >= 15 is 0 Å². The van der Waals surface area contributed by atoms with E-state index in [-0.39, 0.29) is 11.4 Å². The first kappa shape index (κ1) is 15.3. The van der Waals surface area contributed by atoms with Crippen LogP contribution in [-0.4, -0.2) is 27.5 Å². The van der Waals surface area contributed by atoms with E-state index in [0.717, 1.165) is 0 Å². The smallest absolute Gasteiger partial charge is 0.269 e. The van der Waals surface area contributed by atoms with Crippen LogP contribution < -0.4 is 0 Å². The van der Waals surface area contributed by atoms with Crippen LogP contribution in [0, 0.1) is 10.1 Å². The Morgan fingerprint density at radius 3 is 2.28 bits per heavy atom. The van der Waals surface area contributed by atoms with Gasteiger partial charge < -0.3 is 5.11 Å². The van der Waals surface area contributed by atoms with Gasteiger partial charge in [-0.2, -0.15) is 0 Å². The molecule has 1 N–H and O–H groups in total. The van der Waals surface area contributed by atoms with Crippen molar-refractivity contribution in [3.8, 4) is 0 Å². The van der Waals surface area contributed by atoms with Crippen molar-refractivity contribution < 1.29 is 18.4 Å². The molecule has 0 heterocycles. The van der Waals surface area contributed by atoms with E-state index in [1.165, 1.54) is 31.2 Å². The topological polar surface area (TPSA) is 97.5 Å². The summed E-state index contributed by atoms with van der Waals surface area (Å²) in [6.45, 7) is 1.50. The third-order valence-electron chi connectivity index (χ3n) is 2.44. The number of non-ortho nitro benzene ring substituents is 1. The second-order valence-electron chi connectivity index (χ2n) is 3.60. The molecule has 0 radical (unpaired) electrons. The van der Waals surface area contributed by atoms with Crippen molar-refractivity contribution >= 4 is 38.1 Å². The summed E-state index contributed by atoms with van der Waals surface area (Å²) in [7, 11) is -3.37. The van der Waals surface area contributed by atoms with Gasteiger partial charge in [0.05, 0.1) is 4.92 Å². The molecule has 1 aromatic carbocycles. The zero-order valence-corrected chi connectivity index (χ0v) is 12.5. The minimum Gasteiger partial charge on any atom is -0.386 e. The van der Waals surface area contributed by atoms with Crippen molar-refractivity contribution in [1.29, 1.82) is 0 Å². The molecule has 0 fully saturated rings. The van der Waals surface area contributed by atoms with Gasteiger partial charge in [-0.3, -0.25) is 10.1 Å². The molecule has 0 aromatic heterocycles. The molecular weight excluding hydrogens is 373 g/mol. The Hall–Kier alpha value is -0.740. The van der Waals surface area contributed by atoms with Crippen molar-refractivity contribution in [2.75, 3.05) is 5.75 Å². The number of nitro groups is 1. The highest BCUT2D eigenvalue weighted by Gasteiger charge is 2.29. The van der Waals surface area contributed by atoms with Crippen LogP contribution in [0.1, 0.15) is 18.6 Å². The molecule has 0 amide bonds. The quantitative estimate of drug-likeness (QED) is 0.361. The van der Waals surface area contributed by atoms with Crippen LogP contribution in [0.5, 0.6) is 0 Å². The molecule has 18 heavy (non-hydrogen) atoms. The number of nitro benzene ring substituents is 1. The van der Waals surface area contributed by atoms with Crippen molar-refractivity contribution in [1.82, 2.24) is 0 Å². The molecule has 0 aliphatic carbocycles. The number of rotatable bonds is 5. The Kier molecular flexibility index (Phi) is 5.05. The van der Waals surface area contributed by atoms with E-state index in [0.29, 0.717) is 5.56 Å². The highest BCUT2D eigenvalue weighted by molar-refractivity contribution is 14.1. The van der Waals surface area contributed by atoms with Crippen molar-refractivity contribution in [3.63, 3.8) is 0 Å². The summed E-state index contributed by atoms with van der Waals surface area (Å²) in [5, 5.41) is 20.4. The first-order valence-corrected chi connectivity index (χ1v) is 8.03. The number of alkyl halides is 1. The van der Waals surface area contributed by atoms with Gasteiger partial charge in [0.15, 0.2) is 9.84 Å². The van der Waals surface area contributed by atoms with Gasteiger partial charge >= 0.3 is 0 Å². The fraction of sp³-hybridized carbons (Fsp3) is 0.400. The number of hydrogen-bond donors (Lipinski definition) is 1. The zero-order chi connectivity index (χ0) is 13.9. The minimum absolute atomic E-state index is 0.0648. The average molecular weight is 385 g/mol. The van der Waals surface area contributed by atoms with E-state index in [1.807, 2.05) is 0 Å². The average Bonchev–Trinajstić information content (AvgIpc) is 2.37. The Morgan fingerprint density at radius 1 is 1.39 bits per heavy atom. The standard InChI is InChI=1S/C10H12INO5S/c1-2-18(16,17)10(11)9(13)7-3-5-8(6-4-7)12(14)15/h3-6,9-10,13H,2H2,1H3/t9-,10-/m0/s1. The van der Waals surface area contributed by atoms with Gasteiger partial charge in [0, 0.05) is 17.9 Å². The van der Waals surface area contributed by atoms with Gasteiger partial charge in [0.1, 0.15) is 9.36 Å². The third kappa shape index (κ3) is 3.39. The molecule has 0 spiro atoms. The molecule has 1 aromatic rings. The number of nitrogens with zero attached hydrogens (tertiary/aromatic N) is 1. The number of aliphatic hydroxyl groups excluding tert-OH is 1. The van der Waals surface area contributed by atoms with Crippen LogP contribution in [0.2, 0.25) is 0 Å². The highest BCUT2D eigenvalue weighted by atomic mass is 127. The fourth-order valence-corrected chi connectivity index (χ4v) is 3.66. The molecule has 2 atom stereocenters. The van der Waals surface area contributed by atoms with Crippen molar-refractivity contribution in [3.05, 3.63) is 39.9 Å². The molecule has 1 rings (SSSR count). The van der Waals surface area contributed by atoms with Crippen LogP contribution in [0.3, 0.4) is 0 Å². The maximum absolute atomic E-state index is 11.6. The van der Waals surface area contributed by atoms with E-state index in [4.69, 9.17) is 0 Å². The normalized spacial score (nSPS) is 15.1. The third-order valence-corrected chi connectivity index (χ3v) is 7.19. The van der Waals surface area contributed by atoms with Crippen LogP contribution in [0.4, 0.5) is 5.69 Å². The molecule has 0 saturated carbocycles. The predicted octanol–water partition coefficient (Wildman–Crippen LogP) is 1.82. The van der Waals surface area contributed by atoms with E-state index in [2.05, 4.69) is 0 Å². The van der Waals surface area contributed by atoms with E-state index in [1.54, 1.807) is 22.6 Å². The molecule has 100 valence electrons. The lowest BCUT2D eigenvalue weighted by atomic mass is 10.1. The number of hydrogen-bond acceptors (Lipinski definition) is 5. The maximum Gasteiger partial charge on any atom is 0.269 e. The fourth-order valence-electron chi connectivity index (χ4n) is 1.30. The summed E-state index contributed by atoms with van der Waals surface area (Å²) in [6.07, 6.45) is -1.20. The van der Waals surface area contributed by atoms with Crippen LogP contribution >= 0.6 is 22.6 Å². The molecule has 6 nitrogen and oxygen atoms in total. The molecular formula is C10H12INO5S.